The first-order valence-corrected chi connectivity index (χ1v) is 8.49. The van der Waals surface area contributed by atoms with Gasteiger partial charge in [0.1, 0.15) is 12.0 Å². The highest BCUT2D eigenvalue weighted by Crippen LogP contribution is 2.16. The van der Waals surface area contributed by atoms with Gasteiger partial charge in [0.05, 0.1) is 13.2 Å². The minimum Gasteiger partial charge on any atom is -0.499 e. The van der Waals surface area contributed by atoms with E-state index in [-0.39, 0.29) is 17.9 Å². The van der Waals surface area contributed by atoms with Crippen LogP contribution in [-0.2, 0) is 9.53 Å². The maximum Gasteiger partial charge on any atom is 0.248 e. The van der Waals surface area contributed by atoms with Gasteiger partial charge in [-0.05, 0) is 44.6 Å². The first-order chi connectivity index (χ1) is 11.1. The van der Waals surface area contributed by atoms with Crippen molar-refractivity contribution < 1.29 is 14.6 Å². The number of carbonyl (C=O) groups is 1. The molecule has 5 nitrogen and oxygen atoms in total. The Morgan fingerprint density at radius 1 is 1.43 bits per heavy atom. The summed E-state index contributed by atoms with van der Waals surface area (Å²) in [7, 11) is 1.59. The van der Waals surface area contributed by atoms with E-state index < -0.39 is 6.23 Å². The fourth-order valence-corrected chi connectivity index (χ4v) is 2.71. The van der Waals surface area contributed by atoms with Gasteiger partial charge in [-0.15, -0.1) is 12.3 Å². The monoisotopic (exact) mass is 322 g/mol. The van der Waals surface area contributed by atoms with E-state index in [4.69, 9.17) is 11.2 Å². The summed E-state index contributed by atoms with van der Waals surface area (Å²) in [5.41, 5.74) is 0. The minimum atomic E-state index is -0.471. The Labute approximate surface area is 139 Å². The van der Waals surface area contributed by atoms with Crippen LogP contribution in [0.4, 0.5) is 0 Å². The molecule has 1 amide bonds. The SMILES string of the molecule is C#CCCCC[C@H](C)C(O)NCCCC[C@@H]1NC(=O)C=C1OC. The molecule has 130 valence electrons. The summed E-state index contributed by atoms with van der Waals surface area (Å²) in [5.74, 6) is 3.49. The van der Waals surface area contributed by atoms with Crippen LogP contribution in [0.1, 0.15) is 51.9 Å². The lowest BCUT2D eigenvalue weighted by molar-refractivity contribution is -0.116. The molecule has 0 radical (unpaired) electrons. The molecule has 0 spiro atoms. The number of ether oxygens (including phenoxy) is 1. The fraction of sp³-hybridized carbons (Fsp3) is 0.722. The van der Waals surface area contributed by atoms with E-state index in [0.717, 1.165) is 51.5 Å². The van der Waals surface area contributed by atoms with Crippen LogP contribution in [0, 0.1) is 18.3 Å². The third kappa shape index (κ3) is 7.54. The summed E-state index contributed by atoms with van der Waals surface area (Å²) >= 11 is 0. The van der Waals surface area contributed by atoms with Crippen LogP contribution < -0.4 is 10.6 Å². The second-order valence-corrected chi connectivity index (χ2v) is 6.13. The van der Waals surface area contributed by atoms with Crippen molar-refractivity contribution in [2.24, 2.45) is 5.92 Å². The molecule has 1 heterocycles. The molecule has 1 rings (SSSR count). The van der Waals surface area contributed by atoms with E-state index in [1.165, 1.54) is 6.08 Å². The zero-order valence-electron chi connectivity index (χ0n) is 14.3. The molecule has 1 aliphatic rings. The summed E-state index contributed by atoms with van der Waals surface area (Å²) in [6.07, 6.45) is 12.9. The Morgan fingerprint density at radius 2 is 2.22 bits per heavy atom. The summed E-state index contributed by atoms with van der Waals surface area (Å²) in [6, 6.07) is -0.00694. The smallest absolute Gasteiger partial charge is 0.248 e. The normalized spacial score (nSPS) is 19.7. The highest BCUT2D eigenvalue weighted by Gasteiger charge is 2.23. The van der Waals surface area contributed by atoms with Crippen LogP contribution in [0.25, 0.3) is 0 Å². The number of methoxy groups -OCH3 is 1. The van der Waals surface area contributed by atoms with Gasteiger partial charge in [0, 0.05) is 12.5 Å². The molecule has 0 aromatic heterocycles. The number of hydrogen-bond donors (Lipinski definition) is 3. The average Bonchev–Trinajstić information content (AvgIpc) is 2.90. The molecule has 5 heteroatoms. The molecule has 0 saturated carbocycles. The van der Waals surface area contributed by atoms with Crippen molar-refractivity contribution in [3.63, 3.8) is 0 Å². The Morgan fingerprint density at radius 3 is 2.91 bits per heavy atom. The maximum atomic E-state index is 11.3. The third-order valence-electron chi connectivity index (χ3n) is 4.21. The van der Waals surface area contributed by atoms with E-state index in [9.17, 15) is 9.90 Å². The number of aliphatic hydroxyl groups excluding tert-OH is 1. The van der Waals surface area contributed by atoms with Crippen molar-refractivity contribution in [3.05, 3.63) is 11.8 Å². The lowest BCUT2D eigenvalue weighted by Gasteiger charge is -2.20. The molecule has 0 bridgehead atoms. The molecule has 23 heavy (non-hydrogen) atoms. The molecule has 0 aromatic rings. The molecule has 1 aliphatic heterocycles. The van der Waals surface area contributed by atoms with Gasteiger partial charge in [-0.25, -0.2) is 0 Å². The molecular weight excluding hydrogens is 292 g/mol. The number of unbranched alkanes of at least 4 members (excludes halogenated alkanes) is 3. The summed E-state index contributed by atoms with van der Waals surface area (Å²) in [5, 5.41) is 16.1. The van der Waals surface area contributed by atoms with E-state index in [1.807, 2.05) is 0 Å². The van der Waals surface area contributed by atoms with Crippen molar-refractivity contribution in [3.8, 4) is 12.3 Å². The topological polar surface area (TPSA) is 70.6 Å². The number of terminal acetylenes is 1. The summed E-state index contributed by atoms with van der Waals surface area (Å²) in [6.45, 7) is 2.82. The Kier molecular flexibility index (Phi) is 9.42. The van der Waals surface area contributed by atoms with Gasteiger partial charge >= 0.3 is 0 Å². The van der Waals surface area contributed by atoms with E-state index >= 15 is 0 Å². The Bertz CT molecular complexity index is 428. The number of aliphatic hydroxyl groups is 1. The predicted molar refractivity (Wildman–Crippen MR) is 91.3 cm³/mol. The van der Waals surface area contributed by atoms with E-state index in [2.05, 4.69) is 23.5 Å². The first kappa shape index (κ1) is 19.5. The number of rotatable bonds is 12. The van der Waals surface area contributed by atoms with E-state index in [1.54, 1.807) is 7.11 Å². The van der Waals surface area contributed by atoms with Gasteiger partial charge in [0.25, 0.3) is 0 Å². The average molecular weight is 322 g/mol. The molecule has 0 aliphatic carbocycles. The van der Waals surface area contributed by atoms with E-state index in [0.29, 0.717) is 5.76 Å². The molecular formula is C18H30N2O3. The fourth-order valence-electron chi connectivity index (χ4n) is 2.71. The molecule has 3 atom stereocenters. The van der Waals surface area contributed by atoms with Crippen molar-refractivity contribution in [2.45, 2.75) is 64.1 Å². The highest BCUT2D eigenvalue weighted by molar-refractivity contribution is 5.91. The second-order valence-electron chi connectivity index (χ2n) is 6.13. The van der Waals surface area contributed by atoms with Crippen molar-refractivity contribution >= 4 is 5.91 Å². The van der Waals surface area contributed by atoms with Crippen molar-refractivity contribution in [1.29, 1.82) is 0 Å². The Balaban J connectivity index is 2.07. The number of carbonyl (C=O) groups excluding carboxylic acids is 1. The van der Waals surface area contributed by atoms with Gasteiger partial charge < -0.3 is 15.2 Å². The number of nitrogens with one attached hydrogen (secondary N) is 2. The zero-order valence-corrected chi connectivity index (χ0v) is 14.3. The predicted octanol–water partition coefficient (Wildman–Crippen LogP) is 1.92. The quantitative estimate of drug-likeness (QED) is 0.292. The van der Waals surface area contributed by atoms with Gasteiger partial charge in [-0.1, -0.05) is 13.3 Å². The van der Waals surface area contributed by atoms with Gasteiger partial charge in [-0.2, -0.15) is 0 Å². The highest BCUT2D eigenvalue weighted by atomic mass is 16.5. The Hall–Kier alpha value is -1.51. The molecule has 0 aromatic carbocycles. The van der Waals surface area contributed by atoms with Crippen molar-refractivity contribution in [1.82, 2.24) is 10.6 Å². The van der Waals surface area contributed by atoms with Gasteiger partial charge in [0.15, 0.2) is 0 Å². The van der Waals surface area contributed by atoms with Gasteiger partial charge in [-0.3, -0.25) is 10.1 Å². The lowest BCUT2D eigenvalue weighted by atomic mass is 10.0. The maximum absolute atomic E-state index is 11.3. The number of amides is 1. The molecule has 0 fully saturated rings. The van der Waals surface area contributed by atoms with Crippen LogP contribution in [0.15, 0.2) is 11.8 Å². The third-order valence-corrected chi connectivity index (χ3v) is 4.21. The van der Waals surface area contributed by atoms with Crippen LogP contribution in [-0.4, -0.2) is 36.9 Å². The summed E-state index contributed by atoms with van der Waals surface area (Å²) < 4.78 is 5.19. The van der Waals surface area contributed by atoms with Crippen LogP contribution in [0.2, 0.25) is 0 Å². The molecule has 3 N–H and O–H groups in total. The molecule has 0 saturated heterocycles. The van der Waals surface area contributed by atoms with Crippen LogP contribution >= 0.6 is 0 Å². The summed E-state index contributed by atoms with van der Waals surface area (Å²) in [4.78, 5) is 11.3. The lowest BCUT2D eigenvalue weighted by Crippen LogP contribution is -2.35. The number of hydrogen-bond acceptors (Lipinski definition) is 4. The largest absolute Gasteiger partial charge is 0.499 e. The van der Waals surface area contributed by atoms with Crippen molar-refractivity contribution in [2.75, 3.05) is 13.7 Å². The van der Waals surface area contributed by atoms with Crippen LogP contribution in [0.3, 0.4) is 0 Å². The second kappa shape index (κ2) is 11.1. The van der Waals surface area contributed by atoms with Gasteiger partial charge in [0.2, 0.25) is 5.91 Å². The minimum absolute atomic E-state index is 0.00694. The van der Waals surface area contributed by atoms with Crippen LogP contribution in [0.5, 0.6) is 0 Å². The standard InChI is InChI=1S/C18H30N2O3/c1-4-5-6-7-10-14(2)18(22)19-12-9-8-11-15-16(23-3)13-17(21)20-15/h1,13-15,18-19,22H,5-12H2,2-3H3,(H,20,21)/t14-,15-,18?/m0/s1. The molecule has 1 unspecified atom stereocenters. The first-order valence-electron chi connectivity index (χ1n) is 8.49. The zero-order chi connectivity index (χ0) is 17.1.